The van der Waals surface area contributed by atoms with E-state index in [2.05, 4.69) is 10.3 Å². The number of esters is 1. The number of guanidine groups is 1. The lowest BCUT2D eigenvalue weighted by atomic mass is 9.97. The molecule has 2 aromatic rings. The van der Waals surface area contributed by atoms with Crippen LogP contribution in [0.25, 0.3) is 0 Å². The van der Waals surface area contributed by atoms with Gasteiger partial charge in [-0.15, -0.1) is 0 Å². The number of hydrogen-bond acceptors (Lipinski definition) is 7. The summed E-state index contributed by atoms with van der Waals surface area (Å²) in [5.74, 6) is -3.82. The van der Waals surface area contributed by atoms with Crippen molar-refractivity contribution in [2.24, 2.45) is 16.5 Å². The van der Waals surface area contributed by atoms with Gasteiger partial charge in [0.15, 0.2) is 5.96 Å². The lowest BCUT2D eigenvalue weighted by Crippen LogP contribution is -2.42. The third kappa shape index (κ3) is 7.17. The number of carboxylic acids is 2. The van der Waals surface area contributed by atoms with E-state index in [0.29, 0.717) is 17.0 Å². The Bertz CT molecular complexity index is 1140. The van der Waals surface area contributed by atoms with E-state index in [1.165, 1.54) is 18.2 Å². The predicted molar refractivity (Wildman–Crippen MR) is 122 cm³/mol. The van der Waals surface area contributed by atoms with Crippen molar-refractivity contribution in [3.63, 3.8) is 0 Å². The highest BCUT2D eigenvalue weighted by Gasteiger charge is 2.29. The molecule has 9 N–H and O–H groups in total. The summed E-state index contributed by atoms with van der Waals surface area (Å²) >= 11 is 0. The Hall–Kier alpha value is -4.65. The second kappa shape index (κ2) is 11.5. The number of ether oxygens (including phenoxy) is 2. The third-order valence-electron chi connectivity index (χ3n) is 4.88. The molecule has 13 nitrogen and oxygen atoms in total. The van der Waals surface area contributed by atoms with E-state index < -0.39 is 36.3 Å². The van der Waals surface area contributed by atoms with Gasteiger partial charge in [-0.2, -0.15) is 0 Å². The van der Waals surface area contributed by atoms with Gasteiger partial charge in [0.05, 0.1) is 24.3 Å². The molecule has 0 spiro atoms. The van der Waals surface area contributed by atoms with Crippen molar-refractivity contribution < 1.29 is 44.3 Å². The number of nitrogens with one attached hydrogen (secondary N) is 1. The van der Waals surface area contributed by atoms with Gasteiger partial charge in [-0.25, -0.2) is 14.6 Å². The van der Waals surface area contributed by atoms with Crippen molar-refractivity contribution >= 4 is 35.5 Å². The summed E-state index contributed by atoms with van der Waals surface area (Å²) in [6.45, 7) is 0.156. The van der Waals surface area contributed by atoms with Gasteiger partial charge in [0.1, 0.15) is 17.5 Å². The molecular weight excluding hydrogens is 464 g/mol. The molecule has 2 atom stereocenters. The van der Waals surface area contributed by atoms with Crippen molar-refractivity contribution in [3.8, 4) is 11.5 Å². The molecule has 1 heterocycles. The molecule has 1 amide bonds. The molecule has 13 heteroatoms. The maximum atomic E-state index is 12.4. The Morgan fingerprint density at radius 2 is 1.80 bits per heavy atom. The summed E-state index contributed by atoms with van der Waals surface area (Å²) in [5, 5.41) is 20.1. The van der Waals surface area contributed by atoms with Crippen LogP contribution in [0.15, 0.2) is 47.5 Å². The van der Waals surface area contributed by atoms with Crippen LogP contribution in [0, 0.1) is 0 Å². The highest BCUT2D eigenvalue weighted by atomic mass is 16.5. The second-order valence-electron chi connectivity index (χ2n) is 7.44. The first-order valence-electron chi connectivity index (χ1n) is 10.0. The van der Waals surface area contributed by atoms with Crippen molar-refractivity contribution in [3.05, 3.63) is 53.6 Å². The predicted octanol–water partition coefficient (Wildman–Crippen LogP) is -0.104. The minimum atomic E-state index is -1.53. The molecule has 0 bridgehead atoms. The van der Waals surface area contributed by atoms with Gasteiger partial charge in [-0.05, 0) is 30.3 Å². The molecule has 3 rings (SSSR count). The van der Waals surface area contributed by atoms with E-state index in [4.69, 9.17) is 31.2 Å². The van der Waals surface area contributed by atoms with Crippen LogP contribution < -0.4 is 26.3 Å². The first kappa shape index (κ1) is 26.6. The van der Waals surface area contributed by atoms with Gasteiger partial charge >= 0.3 is 17.9 Å². The largest absolute Gasteiger partial charge is 0.492 e. The van der Waals surface area contributed by atoms with Crippen LogP contribution in [0.4, 0.5) is 5.69 Å². The Morgan fingerprint density at radius 3 is 2.40 bits per heavy atom. The van der Waals surface area contributed by atoms with Gasteiger partial charge < -0.3 is 41.9 Å². The minimum absolute atomic E-state index is 0. The van der Waals surface area contributed by atoms with Gasteiger partial charge in [0.2, 0.25) is 5.91 Å². The molecule has 186 valence electrons. The number of amides is 1. The van der Waals surface area contributed by atoms with Crippen LogP contribution in [0.3, 0.4) is 0 Å². The molecule has 0 radical (unpaired) electrons. The van der Waals surface area contributed by atoms with Crippen molar-refractivity contribution in [1.82, 2.24) is 5.32 Å². The van der Waals surface area contributed by atoms with E-state index >= 15 is 0 Å². The number of rotatable bonds is 9. The van der Waals surface area contributed by atoms with Crippen molar-refractivity contribution in [1.29, 1.82) is 0 Å². The zero-order chi connectivity index (χ0) is 24.8. The lowest BCUT2D eigenvalue weighted by Gasteiger charge is -2.14. The van der Waals surface area contributed by atoms with Crippen LogP contribution in [0.5, 0.6) is 11.5 Å². The SMILES string of the molecule is NC(N)=Nc1ccc(C(=O)Oc2ccc3c(c2)OC[C@H]3CC(=O)N[C@@H](CC(=O)O)C(=O)O)cc1.O. The Labute approximate surface area is 198 Å². The Kier molecular flexibility index (Phi) is 8.72. The highest BCUT2D eigenvalue weighted by Crippen LogP contribution is 2.38. The number of carbonyl (C=O) groups is 4. The number of aliphatic imine (C=N–C) groups is 1. The number of carboxylic acid groups (broad SMARTS) is 2. The van der Waals surface area contributed by atoms with E-state index in [9.17, 15) is 19.2 Å². The number of aliphatic carboxylic acids is 2. The summed E-state index contributed by atoms with van der Waals surface area (Å²) in [7, 11) is 0. The van der Waals surface area contributed by atoms with E-state index in [1.807, 2.05) is 0 Å². The van der Waals surface area contributed by atoms with Crippen LogP contribution in [0.2, 0.25) is 0 Å². The Morgan fingerprint density at radius 1 is 1.11 bits per heavy atom. The standard InChI is InChI=1S/C22H22N4O8.H2O/c23-22(24)25-13-3-1-11(2-4-13)21(32)34-14-5-6-15-12(10-33-17(15)8-14)7-18(27)26-16(20(30)31)9-19(28)29;/h1-6,8,12,16H,7,9-10H2,(H,26,27)(H,28,29)(H,30,31)(H4,23,24,25);1H2/t12-,16+;/m1./s1. The summed E-state index contributed by atoms with van der Waals surface area (Å²) in [6.07, 6.45) is -0.831. The van der Waals surface area contributed by atoms with Gasteiger partial charge in [-0.1, -0.05) is 6.07 Å². The Balaban J connectivity index is 0.00000432. The van der Waals surface area contributed by atoms with Crippen LogP contribution in [0.1, 0.15) is 34.7 Å². The average molecular weight is 488 g/mol. The van der Waals surface area contributed by atoms with Crippen LogP contribution in [-0.4, -0.2) is 58.1 Å². The fraction of sp³-hybridized carbons (Fsp3) is 0.227. The number of nitrogens with zero attached hydrogens (tertiary/aromatic N) is 1. The second-order valence-corrected chi connectivity index (χ2v) is 7.44. The van der Waals surface area contributed by atoms with Crippen LogP contribution >= 0.6 is 0 Å². The molecule has 0 unspecified atom stereocenters. The monoisotopic (exact) mass is 488 g/mol. The molecule has 1 aliphatic rings. The molecule has 0 aliphatic carbocycles. The molecule has 1 aliphatic heterocycles. The summed E-state index contributed by atoms with van der Waals surface area (Å²) in [4.78, 5) is 50.4. The quantitative estimate of drug-likeness (QED) is 0.136. The smallest absolute Gasteiger partial charge is 0.343 e. The summed E-state index contributed by atoms with van der Waals surface area (Å²) in [6, 6.07) is 9.33. The van der Waals surface area contributed by atoms with Crippen molar-refractivity contribution in [2.45, 2.75) is 24.8 Å². The maximum Gasteiger partial charge on any atom is 0.343 e. The first-order valence-corrected chi connectivity index (χ1v) is 10.0. The fourth-order valence-electron chi connectivity index (χ4n) is 3.33. The lowest BCUT2D eigenvalue weighted by molar-refractivity contribution is -0.147. The van der Waals surface area contributed by atoms with Gasteiger partial charge in [-0.3, -0.25) is 9.59 Å². The number of hydrogen-bond donors (Lipinski definition) is 5. The van der Waals surface area contributed by atoms with Crippen LogP contribution in [-0.2, 0) is 14.4 Å². The van der Waals surface area contributed by atoms with E-state index in [0.717, 1.165) is 0 Å². The first-order chi connectivity index (χ1) is 16.1. The third-order valence-corrected chi connectivity index (χ3v) is 4.88. The normalized spacial score (nSPS) is 14.3. The zero-order valence-corrected chi connectivity index (χ0v) is 18.3. The maximum absolute atomic E-state index is 12.4. The number of carbonyl (C=O) groups excluding carboxylic acids is 2. The molecule has 35 heavy (non-hydrogen) atoms. The molecule has 0 aromatic heterocycles. The zero-order valence-electron chi connectivity index (χ0n) is 18.3. The van der Waals surface area contributed by atoms with E-state index in [-0.39, 0.29) is 41.7 Å². The molecule has 2 aromatic carbocycles. The van der Waals surface area contributed by atoms with Crippen molar-refractivity contribution in [2.75, 3.05) is 6.61 Å². The average Bonchev–Trinajstić information content (AvgIpc) is 3.14. The molecule has 0 fully saturated rings. The highest BCUT2D eigenvalue weighted by molar-refractivity contribution is 5.91. The van der Waals surface area contributed by atoms with E-state index in [1.54, 1.807) is 24.3 Å². The number of fused-ring (bicyclic) bond motifs is 1. The molecular formula is C22H24N4O9. The van der Waals surface area contributed by atoms with Gasteiger partial charge in [0, 0.05) is 24.0 Å². The summed E-state index contributed by atoms with van der Waals surface area (Å²) in [5.41, 5.74) is 12.1. The topological polar surface area (TPSA) is 235 Å². The molecule has 0 saturated carbocycles. The minimum Gasteiger partial charge on any atom is -0.492 e. The van der Waals surface area contributed by atoms with Gasteiger partial charge in [0.25, 0.3) is 0 Å². The number of nitrogens with two attached hydrogens (primary N) is 2. The summed E-state index contributed by atoms with van der Waals surface area (Å²) < 4.78 is 11.0. The molecule has 0 saturated heterocycles. The number of benzene rings is 2. The fourth-order valence-corrected chi connectivity index (χ4v) is 3.33.